The van der Waals surface area contributed by atoms with Gasteiger partial charge in [0.25, 0.3) is 5.91 Å². The lowest BCUT2D eigenvalue weighted by molar-refractivity contribution is 0.0848. The van der Waals surface area contributed by atoms with Gasteiger partial charge in [-0.25, -0.2) is 13.4 Å². The van der Waals surface area contributed by atoms with Crippen molar-refractivity contribution in [2.24, 2.45) is 4.99 Å². The van der Waals surface area contributed by atoms with Crippen molar-refractivity contribution in [3.05, 3.63) is 59.7 Å². The van der Waals surface area contributed by atoms with Crippen LogP contribution in [0.15, 0.2) is 58.4 Å². The zero-order valence-electron chi connectivity index (χ0n) is 15.9. The van der Waals surface area contributed by atoms with E-state index in [4.69, 9.17) is 0 Å². The Morgan fingerprint density at radius 1 is 1.03 bits per heavy atom. The summed E-state index contributed by atoms with van der Waals surface area (Å²) in [6.07, 6.45) is 0.747. The summed E-state index contributed by atoms with van der Waals surface area (Å²) in [5, 5.41) is 0.478. The van der Waals surface area contributed by atoms with Crippen molar-refractivity contribution < 1.29 is 26.8 Å². The van der Waals surface area contributed by atoms with E-state index in [0.717, 1.165) is 24.3 Å². The lowest BCUT2D eigenvalue weighted by Crippen LogP contribution is -2.39. The van der Waals surface area contributed by atoms with E-state index in [1.54, 1.807) is 24.3 Å². The molecule has 1 saturated heterocycles. The van der Waals surface area contributed by atoms with Gasteiger partial charge in [-0.3, -0.25) is 14.5 Å². The molecule has 0 unspecified atom stereocenters. The van der Waals surface area contributed by atoms with Gasteiger partial charge in [-0.15, -0.1) is 0 Å². The topological polar surface area (TPSA) is 83.9 Å². The average molecular weight is 453 g/mol. The van der Waals surface area contributed by atoms with Crippen LogP contribution in [0.5, 0.6) is 0 Å². The molecule has 0 N–H and O–H groups in total. The van der Waals surface area contributed by atoms with Crippen LogP contribution in [0.2, 0.25) is 0 Å². The zero-order valence-corrected chi connectivity index (χ0v) is 17.6. The number of carbonyl (C=O) groups is 2. The number of amidine groups is 1. The molecule has 10 heteroatoms. The van der Waals surface area contributed by atoms with Gasteiger partial charge >= 0.3 is 5.76 Å². The molecule has 2 aromatic rings. The molecule has 0 aliphatic carbocycles. The van der Waals surface area contributed by atoms with E-state index in [2.05, 4.69) is 4.99 Å². The second kappa shape index (κ2) is 9.05. The number of ketones is 1. The number of Topliss-reactive ketones (excluding diaryl/α,β-unsaturated/α-hetero) is 1. The molecule has 1 aliphatic heterocycles. The van der Waals surface area contributed by atoms with Crippen LogP contribution in [0.4, 0.5) is 14.5 Å². The van der Waals surface area contributed by atoms with Crippen LogP contribution in [0.1, 0.15) is 34.1 Å². The van der Waals surface area contributed by atoms with E-state index in [9.17, 15) is 26.8 Å². The fraction of sp³-hybridized carbons (Fsp3) is 0.250. The molecule has 0 saturated carbocycles. The molecule has 1 aliphatic rings. The Bertz CT molecular complexity index is 1080. The normalized spacial score (nSPS) is 16.1. The van der Waals surface area contributed by atoms with Crippen molar-refractivity contribution in [3.63, 3.8) is 0 Å². The number of rotatable bonds is 5. The summed E-state index contributed by atoms with van der Waals surface area (Å²) >= 11 is 1.40. The van der Waals surface area contributed by atoms with E-state index < -0.39 is 26.4 Å². The number of aliphatic imine (C=N–C) groups is 1. The summed E-state index contributed by atoms with van der Waals surface area (Å²) in [6, 6.07) is 11.1. The summed E-state index contributed by atoms with van der Waals surface area (Å²) in [5.41, 5.74) is 1.31. The van der Waals surface area contributed by atoms with Gasteiger partial charge in [-0.05, 0) is 61.9 Å². The molecule has 3 rings (SSSR count). The number of hydrogen-bond donors (Lipinski definition) is 0. The maximum absolute atomic E-state index is 12.9. The summed E-state index contributed by atoms with van der Waals surface area (Å²) in [6.45, 7) is 1.89. The van der Waals surface area contributed by atoms with Crippen molar-refractivity contribution in [1.29, 1.82) is 0 Å². The third kappa shape index (κ3) is 4.76. The molecule has 158 valence electrons. The number of hydrogen-bond acceptors (Lipinski definition) is 6. The second-order valence-electron chi connectivity index (χ2n) is 6.49. The van der Waals surface area contributed by atoms with Gasteiger partial charge in [0.2, 0.25) is 9.84 Å². The monoisotopic (exact) mass is 452 g/mol. The minimum Gasteiger partial charge on any atom is -0.295 e. The Morgan fingerprint density at radius 3 is 2.20 bits per heavy atom. The number of halogens is 2. The predicted molar refractivity (Wildman–Crippen MR) is 111 cm³/mol. The quantitative estimate of drug-likeness (QED) is 0.637. The van der Waals surface area contributed by atoms with Crippen LogP contribution < -0.4 is 0 Å². The lowest BCUT2D eigenvalue weighted by Gasteiger charge is -2.27. The van der Waals surface area contributed by atoms with Crippen LogP contribution >= 0.6 is 11.8 Å². The summed E-state index contributed by atoms with van der Waals surface area (Å²) in [7, 11) is -4.72. The molecule has 1 amide bonds. The standard InChI is InChI=1S/C20H18F2N2O4S2/c1-13(25)14-3-7-16(8-4-14)23-20-24(11-2-12-29-20)18(26)15-5-9-17(10-6-15)30(27,28)19(21)22/h3-10,19H,2,11-12H2,1H3. The molecule has 1 fully saturated rings. The van der Waals surface area contributed by atoms with Gasteiger partial charge in [0.05, 0.1) is 10.6 Å². The lowest BCUT2D eigenvalue weighted by atomic mass is 10.1. The molecule has 30 heavy (non-hydrogen) atoms. The first-order chi connectivity index (χ1) is 14.2. The maximum atomic E-state index is 12.9. The SMILES string of the molecule is CC(=O)c1ccc(N=C2SCCCN2C(=O)c2ccc(S(=O)(=O)C(F)F)cc2)cc1. The van der Waals surface area contributed by atoms with E-state index in [-0.39, 0.29) is 11.3 Å². The summed E-state index contributed by atoms with van der Waals surface area (Å²) in [4.78, 5) is 29.8. The van der Waals surface area contributed by atoms with Crippen molar-refractivity contribution in [2.75, 3.05) is 12.3 Å². The molecule has 1 heterocycles. The first-order valence-electron chi connectivity index (χ1n) is 8.96. The van der Waals surface area contributed by atoms with Crippen LogP contribution in [0, 0.1) is 0 Å². The molecule has 0 spiro atoms. The Morgan fingerprint density at radius 2 is 1.63 bits per heavy atom. The van der Waals surface area contributed by atoms with Crippen molar-refractivity contribution >= 4 is 44.1 Å². The molecule has 0 radical (unpaired) electrons. The van der Waals surface area contributed by atoms with Gasteiger partial charge in [-0.2, -0.15) is 8.78 Å². The number of thioether (sulfide) groups is 1. The minimum absolute atomic E-state index is 0.0599. The Kier molecular flexibility index (Phi) is 6.67. The van der Waals surface area contributed by atoms with Crippen molar-refractivity contribution in [3.8, 4) is 0 Å². The summed E-state index contributed by atoms with van der Waals surface area (Å²) < 4.78 is 48.4. The minimum atomic E-state index is -4.72. The Balaban J connectivity index is 1.85. The highest BCUT2D eigenvalue weighted by molar-refractivity contribution is 8.13. The van der Waals surface area contributed by atoms with Crippen molar-refractivity contribution in [1.82, 2.24) is 4.90 Å². The van der Waals surface area contributed by atoms with Crippen LogP contribution in [0.25, 0.3) is 0 Å². The molecule has 0 atom stereocenters. The summed E-state index contributed by atoms with van der Waals surface area (Å²) in [5.74, 6) is -3.21. The highest BCUT2D eigenvalue weighted by Gasteiger charge is 2.28. The van der Waals surface area contributed by atoms with E-state index in [1.165, 1.54) is 35.7 Å². The van der Waals surface area contributed by atoms with Gasteiger partial charge in [0, 0.05) is 23.4 Å². The molecular weight excluding hydrogens is 434 g/mol. The van der Waals surface area contributed by atoms with Crippen LogP contribution in [-0.4, -0.2) is 48.2 Å². The maximum Gasteiger partial charge on any atom is 0.341 e. The molecular formula is C20H18F2N2O4S2. The van der Waals surface area contributed by atoms with Gasteiger partial charge < -0.3 is 0 Å². The molecule has 6 nitrogen and oxygen atoms in total. The Hall–Kier alpha value is -2.59. The number of alkyl halides is 2. The van der Waals surface area contributed by atoms with E-state index in [0.29, 0.717) is 23.0 Å². The third-order valence-corrected chi connectivity index (χ3v) is 6.86. The predicted octanol–water partition coefficient (Wildman–Crippen LogP) is 4.15. The number of benzene rings is 2. The Labute approximate surface area is 176 Å². The number of sulfone groups is 1. The van der Waals surface area contributed by atoms with Gasteiger partial charge in [0.1, 0.15) is 0 Å². The zero-order chi connectivity index (χ0) is 21.9. The fourth-order valence-electron chi connectivity index (χ4n) is 2.77. The first kappa shape index (κ1) is 22.1. The number of nitrogens with zero attached hydrogens (tertiary/aromatic N) is 2. The van der Waals surface area contributed by atoms with Crippen LogP contribution in [-0.2, 0) is 9.84 Å². The van der Waals surface area contributed by atoms with E-state index in [1.807, 2.05) is 0 Å². The fourth-order valence-corrected chi connectivity index (χ4v) is 4.44. The highest BCUT2D eigenvalue weighted by atomic mass is 32.2. The number of carbonyl (C=O) groups excluding carboxylic acids is 2. The van der Waals surface area contributed by atoms with Crippen molar-refractivity contribution in [2.45, 2.75) is 24.0 Å². The highest BCUT2D eigenvalue weighted by Crippen LogP contribution is 2.25. The average Bonchev–Trinajstić information content (AvgIpc) is 2.74. The van der Waals surface area contributed by atoms with Gasteiger partial charge in [-0.1, -0.05) is 11.8 Å². The molecule has 0 aromatic heterocycles. The van der Waals surface area contributed by atoms with E-state index >= 15 is 0 Å². The molecule has 0 bridgehead atoms. The first-order valence-corrected chi connectivity index (χ1v) is 11.5. The third-order valence-electron chi connectivity index (χ3n) is 4.40. The largest absolute Gasteiger partial charge is 0.341 e. The van der Waals surface area contributed by atoms with Crippen LogP contribution in [0.3, 0.4) is 0 Å². The number of amides is 1. The smallest absolute Gasteiger partial charge is 0.295 e. The molecule has 2 aromatic carbocycles. The second-order valence-corrected chi connectivity index (χ2v) is 9.47. The van der Waals surface area contributed by atoms with Gasteiger partial charge in [0.15, 0.2) is 11.0 Å².